The van der Waals surface area contributed by atoms with Gasteiger partial charge >= 0.3 is 5.97 Å². The lowest BCUT2D eigenvalue weighted by Crippen LogP contribution is -2.39. The van der Waals surface area contributed by atoms with Crippen molar-refractivity contribution in [3.8, 4) is 0 Å². The van der Waals surface area contributed by atoms with E-state index in [1.165, 1.54) is 0 Å². The number of nitrogens with zero attached hydrogens (tertiary/aromatic N) is 2. The highest BCUT2D eigenvalue weighted by Crippen LogP contribution is 2.38. The summed E-state index contributed by atoms with van der Waals surface area (Å²) >= 11 is 0. The maximum atomic E-state index is 11.6. The van der Waals surface area contributed by atoms with Crippen LogP contribution < -0.4 is 0 Å². The number of hydrogen-bond donors (Lipinski definition) is 1. The minimum Gasteiger partial charge on any atom is -0.481 e. The second-order valence-electron chi connectivity index (χ2n) is 5.88. The first-order valence-electron chi connectivity index (χ1n) is 6.81. The van der Waals surface area contributed by atoms with Crippen LogP contribution in [0.25, 0.3) is 0 Å². The molecule has 0 bridgehead atoms. The van der Waals surface area contributed by atoms with Gasteiger partial charge in [0.1, 0.15) is 0 Å². The molecule has 4 heteroatoms. The summed E-state index contributed by atoms with van der Waals surface area (Å²) in [6, 6.07) is 4.07. The average molecular weight is 262 g/mol. The van der Waals surface area contributed by atoms with E-state index >= 15 is 0 Å². The molecule has 1 fully saturated rings. The van der Waals surface area contributed by atoms with Gasteiger partial charge in [-0.3, -0.25) is 14.7 Å². The number of likely N-dealkylation sites (tertiary alicyclic amines) is 1. The van der Waals surface area contributed by atoms with E-state index in [9.17, 15) is 9.90 Å². The van der Waals surface area contributed by atoms with Crippen molar-refractivity contribution in [1.29, 1.82) is 0 Å². The lowest BCUT2D eigenvalue weighted by atomic mass is 9.76. The number of rotatable bonds is 4. The predicted octanol–water partition coefficient (Wildman–Crippen LogP) is 2.32. The molecule has 0 spiro atoms. The molecule has 0 aliphatic carbocycles. The van der Waals surface area contributed by atoms with Crippen molar-refractivity contribution >= 4 is 5.97 Å². The molecule has 2 heterocycles. The number of carboxylic acid groups (broad SMARTS) is 1. The topological polar surface area (TPSA) is 53.4 Å². The van der Waals surface area contributed by atoms with Gasteiger partial charge in [-0.1, -0.05) is 19.9 Å². The molecule has 1 aliphatic heterocycles. The lowest BCUT2D eigenvalue weighted by molar-refractivity contribution is -0.151. The van der Waals surface area contributed by atoms with Gasteiger partial charge in [0, 0.05) is 25.0 Å². The van der Waals surface area contributed by atoms with Crippen LogP contribution in [0.3, 0.4) is 0 Å². The fourth-order valence-corrected chi connectivity index (χ4v) is 2.79. The SMILES string of the molecule is Cc1ccc(CN2CCC(C(=O)O)(C(C)C)C2)cn1. The van der Waals surface area contributed by atoms with E-state index in [1.807, 2.05) is 33.0 Å². The van der Waals surface area contributed by atoms with Gasteiger partial charge in [0.2, 0.25) is 0 Å². The minimum atomic E-state index is -0.660. The molecule has 0 saturated carbocycles. The van der Waals surface area contributed by atoms with Crippen LogP contribution in [0.2, 0.25) is 0 Å². The van der Waals surface area contributed by atoms with Crippen LogP contribution in [-0.2, 0) is 11.3 Å². The van der Waals surface area contributed by atoms with Crippen molar-refractivity contribution < 1.29 is 9.90 Å². The standard InChI is InChI=1S/C15H22N2O2/c1-11(2)15(14(18)19)6-7-17(10-15)9-13-5-4-12(3)16-8-13/h4-5,8,11H,6-7,9-10H2,1-3H3,(H,18,19). The number of pyridine rings is 1. The van der Waals surface area contributed by atoms with E-state index in [-0.39, 0.29) is 5.92 Å². The number of aryl methyl sites for hydroxylation is 1. The van der Waals surface area contributed by atoms with Crippen LogP contribution in [0.1, 0.15) is 31.5 Å². The summed E-state index contributed by atoms with van der Waals surface area (Å²) in [4.78, 5) is 18.1. The zero-order chi connectivity index (χ0) is 14.0. The molecule has 104 valence electrons. The van der Waals surface area contributed by atoms with Gasteiger partial charge in [0.15, 0.2) is 0 Å². The molecule has 1 aliphatic rings. The summed E-state index contributed by atoms with van der Waals surface area (Å²) in [7, 11) is 0. The first kappa shape index (κ1) is 14.0. The quantitative estimate of drug-likeness (QED) is 0.904. The minimum absolute atomic E-state index is 0.158. The Bertz CT molecular complexity index is 456. The Kier molecular flexibility index (Phi) is 3.90. The zero-order valence-corrected chi connectivity index (χ0v) is 11.9. The van der Waals surface area contributed by atoms with Gasteiger partial charge in [0.05, 0.1) is 5.41 Å². The van der Waals surface area contributed by atoms with Crippen molar-refractivity contribution in [2.24, 2.45) is 11.3 Å². The highest BCUT2D eigenvalue weighted by molar-refractivity contribution is 5.75. The van der Waals surface area contributed by atoms with Crippen molar-refractivity contribution in [2.45, 2.75) is 33.7 Å². The summed E-state index contributed by atoms with van der Waals surface area (Å²) in [5.41, 5.74) is 1.57. The summed E-state index contributed by atoms with van der Waals surface area (Å²) in [5.74, 6) is -0.502. The van der Waals surface area contributed by atoms with Crippen molar-refractivity contribution in [3.05, 3.63) is 29.6 Å². The Balaban J connectivity index is 2.05. The second-order valence-corrected chi connectivity index (χ2v) is 5.88. The maximum absolute atomic E-state index is 11.6. The number of carbonyl (C=O) groups is 1. The molecule has 1 aromatic rings. The van der Waals surface area contributed by atoms with Crippen LogP contribution in [0.4, 0.5) is 0 Å². The van der Waals surface area contributed by atoms with Crippen molar-refractivity contribution in [3.63, 3.8) is 0 Å². The number of aliphatic carboxylic acids is 1. The molecule has 19 heavy (non-hydrogen) atoms. The van der Waals surface area contributed by atoms with Gasteiger partial charge in [-0.15, -0.1) is 0 Å². The molecule has 0 aromatic carbocycles. The van der Waals surface area contributed by atoms with Gasteiger partial charge in [-0.2, -0.15) is 0 Å². The van der Waals surface area contributed by atoms with E-state index in [4.69, 9.17) is 0 Å². The Morgan fingerprint density at radius 3 is 2.74 bits per heavy atom. The zero-order valence-electron chi connectivity index (χ0n) is 11.9. The normalized spacial score (nSPS) is 24.0. The molecule has 1 atom stereocenters. The highest BCUT2D eigenvalue weighted by Gasteiger charge is 2.46. The van der Waals surface area contributed by atoms with Crippen molar-refractivity contribution in [2.75, 3.05) is 13.1 Å². The number of aromatic nitrogens is 1. The Morgan fingerprint density at radius 1 is 1.53 bits per heavy atom. The second kappa shape index (κ2) is 5.29. The first-order chi connectivity index (χ1) is 8.94. The Hall–Kier alpha value is -1.42. The van der Waals surface area contributed by atoms with Gasteiger partial charge in [0.25, 0.3) is 0 Å². The molecular formula is C15H22N2O2. The highest BCUT2D eigenvalue weighted by atomic mass is 16.4. The van der Waals surface area contributed by atoms with Gasteiger partial charge in [-0.05, 0) is 37.4 Å². The molecule has 0 radical (unpaired) electrons. The van der Waals surface area contributed by atoms with Gasteiger partial charge < -0.3 is 5.11 Å². The monoisotopic (exact) mass is 262 g/mol. The van der Waals surface area contributed by atoms with Crippen LogP contribution in [0.15, 0.2) is 18.3 Å². The first-order valence-corrected chi connectivity index (χ1v) is 6.81. The largest absolute Gasteiger partial charge is 0.481 e. The maximum Gasteiger partial charge on any atom is 0.311 e. The molecule has 2 rings (SSSR count). The molecule has 0 amide bonds. The smallest absolute Gasteiger partial charge is 0.311 e. The van der Waals surface area contributed by atoms with Crippen LogP contribution in [0, 0.1) is 18.3 Å². The molecule has 1 N–H and O–H groups in total. The van der Waals surface area contributed by atoms with E-state index in [0.29, 0.717) is 6.54 Å². The molecule has 1 unspecified atom stereocenters. The average Bonchev–Trinajstić information content (AvgIpc) is 2.77. The lowest BCUT2D eigenvalue weighted by Gasteiger charge is -2.28. The molecule has 1 aromatic heterocycles. The third-order valence-electron chi connectivity index (χ3n) is 4.29. The van der Waals surface area contributed by atoms with Crippen LogP contribution in [-0.4, -0.2) is 34.0 Å². The predicted molar refractivity (Wildman–Crippen MR) is 73.8 cm³/mol. The molecule has 4 nitrogen and oxygen atoms in total. The number of carboxylic acids is 1. The Morgan fingerprint density at radius 2 is 2.26 bits per heavy atom. The van der Waals surface area contributed by atoms with Gasteiger partial charge in [-0.25, -0.2) is 0 Å². The summed E-state index contributed by atoms with van der Waals surface area (Å²) in [6.07, 6.45) is 2.62. The fraction of sp³-hybridized carbons (Fsp3) is 0.600. The molecular weight excluding hydrogens is 240 g/mol. The van der Waals surface area contributed by atoms with Crippen LogP contribution >= 0.6 is 0 Å². The van der Waals surface area contributed by atoms with Crippen molar-refractivity contribution in [1.82, 2.24) is 9.88 Å². The third kappa shape index (κ3) is 2.78. The number of hydrogen-bond acceptors (Lipinski definition) is 3. The van der Waals surface area contributed by atoms with E-state index < -0.39 is 11.4 Å². The Labute approximate surface area is 114 Å². The fourth-order valence-electron chi connectivity index (χ4n) is 2.79. The summed E-state index contributed by atoms with van der Waals surface area (Å²) < 4.78 is 0. The third-order valence-corrected chi connectivity index (χ3v) is 4.29. The molecule has 1 saturated heterocycles. The summed E-state index contributed by atoms with van der Waals surface area (Å²) in [6.45, 7) is 8.24. The van der Waals surface area contributed by atoms with E-state index in [0.717, 1.165) is 30.8 Å². The summed E-state index contributed by atoms with van der Waals surface area (Å²) in [5, 5.41) is 9.52. The van der Waals surface area contributed by atoms with E-state index in [2.05, 4.69) is 16.0 Å². The van der Waals surface area contributed by atoms with E-state index in [1.54, 1.807) is 0 Å². The van der Waals surface area contributed by atoms with Crippen LogP contribution in [0.5, 0.6) is 0 Å².